The Morgan fingerprint density at radius 2 is 2.12 bits per heavy atom. The van der Waals surface area contributed by atoms with Gasteiger partial charge in [0.05, 0.1) is 34.4 Å². The van der Waals surface area contributed by atoms with E-state index in [1.165, 1.54) is 11.8 Å². The molecule has 2 aliphatic heterocycles. The molecule has 7 nitrogen and oxygen atoms in total. The van der Waals surface area contributed by atoms with Crippen molar-refractivity contribution in [2.75, 3.05) is 26.2 Å². The van der Waals surface area contributed by atoms with Gasteiger partial charge in [-0.3, -0.25) is 9.89 Å². The van der Waals surface area contributed by atoms with E-state index in [0.29, 0.717) is 17.1 Å². The Bertz CT molecular complexity index is 1240. The second kappa shape index (κ2) is 9.69. The maximum atomic E-state index is 12.9. The first kappa shape index (κ1) is 21.6. The third-order valence-corrected chi connectivity index (χ3v) is 7.15. The van der Waals surface area contributed by atoms with Crippen LogP contribution in [0.4, 0.5) is 0 Å². The van der Waals surface area contributed by atoms with Crippen molar-refractivity contribution in [3.63, 3.8) is 0 Å². The van der Waals surface area contributed by atoms with Crippen LogP contribution in [0, 0.1) is 11.3 Å². The highest BCUT2D eigenvalue weighted by atomic mass is 32.2. The molecule has 3 heterocycles. The smallest absolute Gasteiger partial charge is 0.258 e. The van der Waals surface area contributed by atoms with E-state index in [0.717, 1.165) is 66.1 Å². The Balaban J connectivity index is 1.06. The van der Waals surface area contributed by atoms with Crippen LogP contribution >= 0.6 is 11.8 Å². The molecule has 1 fully saturated rings. The number of nitriles is 1. The molecular weight excluding hydrogens is 434 g/mol. The third kappa shape index (κ3) is 4.90. The van der Waals surface area contributed by atoms with Crippen molar-refractivity contribution in [3.8, 4) is 11.8 Å². The highest BCUT2D eigenvalue weighted by Gasteiger charge is 2.25. The molecule has 2 aliphatic rings. The van der Waals surface area contributed by atoms with Crippen molar-refractivity contribution in [3.05, 3.63) is 58.6 Å². The number of benzene rings is 2. The minimum atomic E-state index is -0.0166. The van der Waals surface area contributed by atoms with E-state index in [2.05, 4.69) is 26.5 Å². The lowest BCUT2D eigenvalue weighted by atomic mass is 10.0. The number of nitrogens with zero attached hydrogens (tertiary/aromatic N) is 3. The summed E-state index contributed by atoms with van der Waals surface area (Å²) in [6.45, 7) is 3.51. The second-order valence-electron chi connectivity index (χ2n) is 8.33. The summed E-state index contributed by atoms with van der Waals surface area (Å²) in [5.74, 6) is 0.723. The highest BCUT2D eigenvalue weighted by Crippen LogP contribution is 2.39. The SMILES string of the molecule is N#Cc1cccc(OCCCN2CCC(NC(=O)C3=Cc4n[nH]c5cccc(c45)S3)CC2)c1. The topological polar surface area (TPSA) is 94.0 Å². The van der Waals surface area contributed by atoms with Crippen molar-refractivity contribution in [1.29, 1.82) is 5.26 Å². The maximum absolute atomic E-state index is 12.9. The molecule has 1 amide bonds. The summed E-state index contributed by atoms with van der Waals surface area (Å²) in [6.07, 6.45) is 4.69. The molecule has 0 radical (unpaired) electrons. The second-order valence-corrected chi connectivity index (χ2v) is 9.41. The minimum Gasteiger partial charge on any atom is -0.494 e. The Morgan fingerprint density at radius 1 is 1.27 bits per heavy atom. The zero-order valence-corrected chi connectivity index (χ0v) is 19.0. The number of ether oxygens (including phenoxy) is 1. The van der Waals surface area contributed by atoms with Gasteiger partial charge in [0, 0.05) is 36.0 Å². The number of thioether (sulfide) groups is 1. The summed E-state index contributed by atoms with van der Waals surface area (Å²) in [5, 5.41) is 20.7. The summed E-state index contributed by atoms with van der Waals surface area (Å²) >= 11 is 1.51. The summed E-state index contributed by atoms with van der Waals surface area (Å²) in [7, 11) is 0. The molecule has 0 spiro atoms. The van der Waals surface area contributed by atoms with Gasteiger partial charge in [-0.05, 0) is 55.7 Å². The predicted molar refractivity (Wildman–Crippen MR) is 129 cm³/mol. The lowest BCUT2D eigenvalue weighted by Crippen LogP contribution is -2.45. The fourth-order valence-electron chi connectivity index (χ4n) is 4.33. The van der Waals surface area contributed by atoms with Crippen LogP contribution in [0.5, 0.6) is 5.75 Å². The van der Waals surface area contributed by atoms with E-state index >= 15 is 0 Å². The standard InChI is InChI=1S/C25H25N5O2S/c26-16-17-4-1-5-19(14-17)32-13-3-10-30-11-8-18(9-12-30)27-25(31)23-15-21-24-20(28-29-21)6-2-7-22(24)33-23/h1-2,4-7,14-15,18H,3,8-13H2,(H,27,31)(H,28,29). The molecule has 0 aliphatic carbocycles. The van der Waals surface area contributed by atoms with E-state index in [4.69, 9.17) is 10.00 Å². The minimum absolute atomic E-state index is 0.0166. The predicted octanol–water partition coefficient (Wildman–Crippen LogP) is 3.93. The van der Waals surface area contributed by atoms with Crippen LogP contribution in [-0.4, -0.2) is 53.3 Å². The molecule has 2 N–H and O–H groups in total. The number of rotatable bonds is 7. The van der Waals surface area contributed by atoms with Gasteiger partial charge < -0.3 is 15.0 Å². The fraction of sp³-hybridized carbons (Fsp3) is 0.320. The number of hydrogen-bond acceptors (Lipinski definition) is 6. The molecule has 0 saturated carbocycles. The third-order valence-electron chi connectivity index (χ3n) is 6.06. The van der Waals surface area contributed by atoms with Gasteiger partial charge in [0.1, 0.15) is 5.75 Å². The molecule has 168 valence electrons. The van der Waals surface area contributed by atoms with E-state index in [-0.39, 0.29) is 11.9 Å². The summed E-state index contributed by atoms with van der Waals surface area (Å²) in [4.78, 5) is 17.1. The van der Waals surface area contributed by atoms with Gasteiger partial charge in [0.15, 0.2) is 0 Å². The Labute approximate surface area is 196 Å². The molecule has 0 atom stereocenters. The first-order valence-corrected chi connectivity index (χ1v) is 12.0. The van der Waals surface area contributed by atoms with Crippen LogP contribution in [0.25, 0.3) is 17.0 Å². The molecule has 1 aromatic heterocycles. The Morgan fingerprint density at radius 3 is 2.97 bits per heavy atom. The number of aromatic amines is 1. The monoisotopic (exact) mass is 459 g/mol. The number of hydrogen-bond donors (Lipinski definition) is 2. The normalized spacial score (nSPS) is 16.3. The van der Waals surface area contributed by atoms with E-state index < -0.39 is 0 Å². The average Bonchev–Trinajstić information content (AvgIpc) is 3.27. The van der Waals surface area contributed by atoms with E-state index in [1.807, 2.05) is 36.4 Å². The van der Waals surface area contributed by atoms with E-state index in [1.54, 1.807) is 12.1 Å². The number of nitrogens with one attached hydrogen (secondary N) is 2. The van der Waals surface area contributed by atoms with Gasteiger partial charge in [0.25, 0.3) is 5.91 Å². The lowest BCUT2D eigenvalue weighted by molar-refractivity contribution is -0.117. The quantitative estimate of drug-likeness (QED) is 0.520. The van der Waals surface area contributed by atoms with Crippen LogP contribution in [0.3, 0.4) is 0 Å². The van der Waals surface area contributed by atoms with Crippen molar-refractivity contribution >= 4 is 34.6 Å². The largest absolute Gasteiger partial charge is 0.494 e. The number of piperidine rings is 1. The molecule has 8 heteroatoms. The molecule has 5 rings (SSSR count). The number of carbonyl (C=O) groups excluding carboxylic acids is 1. The van der Waals surface area contributed by atoms with Crippen LogP contribution < -0.4 is 10.1 Å². The van der Waals surface area contributed by atoms with Crippen molar-refractivity contribution in [2.45, 2.75) is 30.2 Å². The van der Waals surface area contributed by atoms with Crippen molar-refractivity contribution in [2.24, 2.45) is 0 Å². The molecule has 33 heavy (non-hydrogen) atoms. The van der Waals surface area contributed by atoms with Gasteiger partial charge >= 0.3 is 0 Å². The molecule has 2 aromatic carbocycles. The number of H-pyrrole nitrogens is 1. The van der Waals surface area contributed by atoms with Gasteiger partial charge in [-0.15, -0.1) is 0 Å². The Hall–Kier alpha value is -3.28. The van der Waals surface area contributed by atoms with Gasteiger partial charge in [-0.2, -0.15) is 10.4 Å². The summed E-state index contributed by atoms with van der Waals surface area (Å²) in [6, 6.07) is 15.6. The number of aromatic nitrogens is 2. The van der Waals surface area contributed by atoms with Crippen LogP contribution in [0.2, 0.25) is 0 Å². The van der Waals surface area contributed by atoms with Gasteiger partial charge in [-0.25, -0.2) is 0 Å². The first-order valence-electron chi connectivity index (χ1n) is 11.2. The maximum Gasteiger partial charge on any atom is 0.258 e. The zero-order valence-electron chi connectivity index (χ0n) is 18.2. The van der Waals surface area contributed by atoms with Crippen LogP contribution in [0.15, 0.2) is 52.3 Å². The molecular formula is C25H25N5O2S. The summed E-state index contributed by atoms with van der Waals surface area (Å²) in [5.41, 5.74) is 2.45. The number of amides is 1. The highest BCUT2D eigenvalue weighted by molar-refractivity contribution is 8.04. The summed E-state index contributed by atoms with van der Waals surface area (Å²) < 4.78 is 5.77. The number of likely N-dealkylation sites (tertiary alicyclic amines) is 1. The number of carbonyl (C=O) groups is 1. The van der Waals surface area contributed by atoms with Crippen molar-refractivity contribution < 1.29 is 9.53 Å². The fourth-order valence-corrected chi connectivity index (χ4v) is 5.35. The van der Waals surface area contributed by atoms with Gasteiger partial charge in [0.2, 0.25) is 0 Å². The lowest BCUT2D eigenvalue weighted by Gasteiger charge is -2.32. The molecule has 1 saturated heterocycles. The van der Waals surface area contributed by atoms with Crippen LogP contribution in [0.1, 0.15) is 30.5 Å². The first-order chi connectivity index (χ1) is 16.2. The average molecular weight is 460 g/mol. The molecule has 3 aromatic rings. The zero-order chi connectivity index (χ0) is 22.6. The molecule has 0 unspecified atom stereocenters. The van der Waals surface area contributed by atoms with E-state index in [9.17, 15) is 4.79 Å². The van der Waals surface area contributed by atoms with Gasteiger partial charge in [-0.1, -0.05) is 23.9 Å². The van der Waals surface area contributed by atoms with Crippen molar-refractivity contribution in [1.82, 2.24) is 20.4 Å². The van der Waals surface area contributed by atoms with Crippen LogP contribution in [-0.2, 0) is 4.79 Å². The molecule has 0 bridgehead atoms. The Kier molecular flexibility index (Phi) is 6.33.